The Kier molecular flexibility index (Phi) is 7.67. The van der Waals surface area contributed by atoms with Gasteiger partial charge in [0.05, 0.1) is 42.7 Å². The summed E-state index contributed by atoms with van der Waals surface area (Å²) in [5.74, 6) is 0.682. The molecule has 3 aromatic carbocycles. The highest BCUT2D eigenvalue weighted by Crippen LogP contribution is 2.35. The van der Waals surface area contributed by atoms with Gasteiger partial charge in [-0.3, -0.25) is 9.36 Å². The molecule has 1 aromatic heterocycles. The van der Waals surface area contributed by atoms with Gasteiger partial charge in [0.2, 0.25) is 0 Å². The Morgan fingerprint density at radius 3 is 2.46 bits per heavy atom. The van der Waals surface area contributed by atoms with E-state index in [0.717, 1.165) is 5.56 Å². The maximum absolute atomic E-state index is 14.0. The van der Waals surface area contributed by atoms with Gasteiger partial charge in [0.1, 0.15) is 11.5 Å². The molecule has 0 aliphatic carbocycles. The van der Waals surface area contributed by atoms with Gasteiger partial charge in [0.15, 0.2) is 4.80 Å². The SMILES string of the molecule is CCOC(=O)C1=C(c2ccccc2)N=c2sc(=Cc3cc(OC)ccc3OC)c(=O)n2C1c1ccc(Cl)cc1. The summed E-state index contributed by atoms with van der Waals surface area (Å²) in [5.41, 5.74) is 2.57. The molecule has 198 valence electrons. The van der Waals surface area contributed by atoms with Gasteiger partial charge >= 0.3 is 5.97 Å². The van der Waals surface area contributed by atoms with Crippen molar-refractivity contribution in [3.05, 3.63) is 120 Å². The quantitative estimate of drug-likeness (QED) is 0.309. The number of methoxy groups -OCH3 is 2. The van der Waals surface area contributed by atoms with Crippen LogP contribution in [0, 0.1) is 0 Å². The maximum atomic E-state index is 14.0. The molecule has 0 spiro atoms. The number of thiazole rings is 1. The number of hydrogen-bond donors (Lipinski definition) is 0. The summed E-state index contributed by atoms with van der Waals surface area (Å²) in [6.07, 6.45) is 1.75. The average Bonchev–Trinajstić information content (AvgIpc) is 3.27. The zero-order valence-corrected chi connectivity index (χ0v) is 23.1. The predicted molar refractivity (Wildman–Crippen MR) is 152 cm³/mol. The van der Waals surface area contributed by atoms with E-state index in [2.05, 4.69) is 0 Å². The van der Waals surface area contributed by atoms with Crippen molar-refractivity contribution in [1.29, 1.82) is 0 Å². The van der Waals surface area contributed by atoms with E-state index in [4.69, 9.17) is 30.8 Å². The molecule has 0 N–H and O–H groups in total. The number of halogens is 1. The van der Waals surface area contributed by atoms with E-state index in [1.807, 2.05) is 42.5 Å². The zero-order valence-electron chi connectivity index (χ0n) is 21.5. The molecule has 1 unspecified atom stereocenters. The first-order valence-electron chi connectivity index (χ1n) is 12.2. The first kappa shape index (κ1) is 26.5. The van der Waals surface area contributed by atoms with Crippen LogP contribution in [0.25, 0.3) is 11.8 Å². The maximum Gasteiger partial charge on any atom is 0.338 e. The molecule has 1 aliphatic heterocycles. The summed E-state index contributed by atoms with van der Waals surface area (Å²) in [7, 11) is 3.15. The monoisotopic (exact) mass is 560 g/mol. The first-order chi connectivity index (χ1) is 18.9. The van der Waals surface area contributed by atoms with Crippen LogP contribution >= 0.6 is 22.9 Å². The summed E-state index contributed by atoms with van der Waals surface area (Å²) in [5, 5.41) is 0.543. The van der Waals surface area contributed by atoms with Gasteiger partial charge in [-0.05, 0) is 48.9 Å². The highest BCUT2D eigenvalue weighted by Gasteiger charge is 2.35. The Hall–Kier alpha value is -4.14. The lowest BCUT2D eigenvalue weighted by molar-refractivity contribution is -0.138. The van der Waals surface area contributed by atoms with Gasteiger partial charge in [-0.2, -0.15) is 0 Å². The summed E-state index contributed by atoms with van der Waals surface area (Å²) in [6, 6.07) is 21.1. The molecule has 9 heteroatoms. The van der Waals surface area contributed by atoms with Crippen LogP contribution < -0.4 is 24.4 Å². The zero-order chi connectivity index (χ0) is 27.5. The summed E-state index contributed by atoms with van der Waals surface area (Å²) >= 11 is 7.42. The molecule has 5 rings (SSSR count). The Balaban J connectivity index is 1.83. The second-order valence-corrected chi connectivity index (χ2v) is 10.0. The van der Waals surface area contributed by atoms with Gasteiger partial charge in [-0.25, -0.2) is 9.79 Å². The molecule has 4 aromatic rings. The van der Waals surface area contributed by atoms with E-state index in [-0.39, 0.29) is 17.7 Å². The minimum Gasteiger partial charge on any atom is -0.497 e. The van der Waals surface area contributed by atoms with E-state index in [9.17, 15) is 9.59 Å². The minimum absolute atomic E-state index is 0.178. The molecule has 39 heavy (non-hydrogen) atoms. The number of aromatic nitrogens is 1. The van der Waals surface area contributed by atoms with Crippen LogP contribution in [0.2, 0.25) is 5.02 Å². The Morgan fingerprint density at radius 1 is 1.05 bits per heavy atom. The Bertz CT molecular complexity index is 1740. The average molecular weight is 561 g/mol. The second kappa shape index (κ2) is 11.3. The molecule has 0 fully saturated rings. The van der Waals surface area contributed by atoms with E-state index in [1.165, 1.54) is 11.3 Å². The normalized spacial score (nSPS) is 15.0. The fourth-order valence-corrected chi connectivity index (χ4v) is 5.61. The number of carbonyl (C=O) groups is 1. The van der Waals surface area contributed by atoms with E-state index in [0.29, 0.717) is 42.7 Å². The van der Waals surface area contributed by atoms with Gasteiger partial charge in [0.25, 0.3) is 5.56 Å². The number of benzene rings is 3. The van der Waals surface area contributed by atoms with E-state index < -0.39 is 12.0 Å². The van der Waals surface area contributed by atoms with Gasteiger partial charge in [-0.1, -0.05) is 65.4 Å². The van der Waals surface area contributed by atoms with Crippen molar-refractivity contribution in [1.82, 2.24) is 4.57 Å². The van der Waals surface area contributed by atoms with Crippen molar-refractivity contribution < 1.29 is 19.0 Å². The summed E-state index contributed by atoms with van der Waals surface area (Å²) in [4.78, 5) is 32.8. The number of rotatable bonds is 7. The topological polar surface area (TPSA) is 79.1 Å². The third kappa shape index (κ3) is 5.13. The number of nitrogens with zero attached hydrogens (tertiary/aromatic N) is 2. The van der Waals surface area contributed by atoms with Crippen LogP contribution in [-0.4, -0.2) is 31.4 Å². The molecule has 1 atom stereocenters. The van der Waals surface area contributed by atoms with Crippen LogP contribution in [0.15, 0.2) is 88.2 Å². The van der Waals surface area contributed by atoms with Crippen LogP contribution in [0.3, 0.4) is 0 Å². The standard InChI is InChI=1S/C30H25ClN2O5S/c1-4-38-29(35)25-26(18-8-6-5-7-9-18)32-30-33(27(25)19-10-12-21(31)13-11-19)28(34)24(39-30)17-20-16-22(36-2)14-15-23(20)37-3/h5-17,27H,4H2,1-3H3. The largest absolute Gasteiger partial charge is 0.497 e. The summed E-state index contributed by atoms with van der Waals surface area (Å²) < 4.78 is 18.3. The minimum atomic E-state index is -0.776. The molecule has 0 radical (unpaired) electrons. The van der Waals surface area contributed by atoms with Crippen molar-refractivity contribution in [3.8, 4) is 11.5 Å². The third-order valence-corrected chi connectivity index (χ3v) is 7.52. The molecule has 0 saturated heterocycles. The lowest BCUT2D eigenvalue weighted by atomic mass is 9.93. The van der Waals surface area contributed by atoms with Gasteiger partial charge in [0, 0.05) is 16.1 Å². The van der Waals surface area contributed by atoms with Crippen LogP contribution in [0.4, 0.5) is 0 Å². The van der Waals surface area contributed by atoms with E-state index >= 15 is 0 Å². The van der Waals surface area contributed by atoms with E-state index in [1.54, 1.807) is 62.1 Å². The molecular formula is C30H25ClN2O5S. The molecular weight excluding hydrogens is 536 g/mol. The molecule has 7 nitrogen and oxygen atoms in total. The number of ether oxygens (including phenoxy) is 3. The van der Waals surface area contributed by atoms with Crippen molar-refractivity contribution in [2.45, 2.75) is 13.0 Å². The van der Waals surface area contributed by atoms with Crippen molar-refractivity contribution in [2.75, 3.05) is 20.8 Å². The van der Waals surface area contributed by atoms with Crippen LogP contribution in [-0.2, 0) is 9.53 Å². The van der Waals surface area contributed by atoms with Crippen molar-refractivity contribution in [3.63, 3.8) is 0 Å². The predicted octanol–water partition coefficient (Wildman–Crippen LogP) is 4.61. The Labute approximate surface area is 233 Å². The third-order valence-electron chi connectivity index (χ3n) is 6.28. The van der Waals surface area contributed by atoms with Crippen molar-refractivity contribution >= 4 is 40.7 Å². The number of carbonyl (C=O) groups excluding carboxylic acids is 1. The molecule has 2 heterocycles. The van der Waals surface area contributed by atoms with Crippen LogP contribution in [0.1, 0.15) is 29.7 Å². The lowest BCUT2D eigenvalue weighted by Gasteiger charge is -2.25. The fourth-order valence-electron chi connectivity index (χ4n) is 4.49. The highest BCUT2D eigenvalue weighted by atomic mass is 35.5. The fraction of sp³-hybridized carbons (Fsp3) is 0.167. The van der Waals surface area contributed by atoms with Gasteiger partial charge in [-0.15, -0.1) is 0 Å². The highest BCUT2D eigenvalue weighted by molar-refractivity contribution is 7.07. The molecule has 0 bridgehead atoms. The first-order valence-corrected chi connectivity index (χ1v) is 13.4. The number of fused-ring (bicyclic) bond motifs is 1. The van der Waals surface area contributed by atoms with Crippen molar-refractivity contribution in [2.24, 2.45) is 4.99 Å². The molecule has 0 saturated carbocycles. The van der Waals surface area contributed by atoms with Crippen LogP contribution in [0.5, 0.6) is 11.5 Å². The van der Waals surface area contributed by atoms with Gasteiger partial charge < -0.3 is 14.2 Å². The lowest BCUT2D eigenvalue weighted by Crippen LogP contribution is -2.40. The second-order valence-electron chi connectivity index (χ2n) is 8.59. The summed E-state index contributed by atoms with van der Waals surface area (Å²) in [6.45, 7) is 1.92. The molecule has 0 amide bonds. The smallest absolute Gasteiger partial charge is 0.338 e. The number of esters is 1. The Morgan fingerprint density at radius 2 is 1.79 bits per heavy atom. The molecule has 1 aliphatic rings. The number of hydrogen-bond acceptors (Lipinski definition) is 7.